The molecule has 1 aliphatic heterocycles. The summed E-state index contributed by atoms with van der Waals surface area (Å²) in [4.78, 5) is 17.0. The highest BCUT2D eigenvalue weighted by molar-refractivity contribution is 5.75. The third kappa shape index (κ3) is 3.82. The Morgan fingerprint density at radius 3 is 2.81 bits per heavy atom. The van der Waals surface area contributed by atoms with Gasteiger partial charge in [0.05, 0.1) is 11.5 Å². The van der Waals surface area contributed by atoms with Gasteiger partial charge in [0.1, 0.15) is 0 Å². The van der Waals surface area contributed by atoms with Gasteiger partial charge in [0.25, 0.3) is 0 Å². The van der Waals surface area contributed by atoms with Crippen molar-refractivity contribution < 1.29 is 9.63 Å². The van der Waals surface area contributed by atoms with E-state index in [-0.39, 0.29) is 5.97 Å². The van der Waals surface area contributed by atoms with Gasteiger partial charge in [-0.05, 0) is 39.5 Å². The first-order chi connectivity index (χ1) is 7.43. The number of rotatable bonds is 2. The molecule has 1 fully saturated rings. The van der Waals surface area contributed by atoms with Crippen molar-refractivity contribution >= 4 is 5.97 Å². The first-order valence-electron chi connectivity index (χ1n) is 5.78. The largest absolute Gasteiger partial charge is 0.367 e. The normalized spacial score (nSPS) is 22.5. The number of nitrogens with zero attached hydrogens (tertiary/aromatic N) is 2. The summed E-state index contributed by atoms with van der Waals surface area (Å²) in [7, 11) is 0. The highest BCUT2D eigenvalue weighted by Gasteiger charge is 2.28. The van der Waals surface area contributed by atoms with Gasteiger partial charge in [0, 0.05) is 19.5 Å². The number of carbonyl (C=O) groups is 1. The molecule has 16 heavy (non-hydrogen) atoms. The van der Waals surface area contributed by atoms with Crippen LogP contribution in [0.25, 0.3) is 0 Å². The third-order valence-corrected chi connectivity index (χ3v) is 2.69. The predicted octanol–water partition coefficient (Wildman–Crippen LogP) is 2.12. The highest BCUT2D eigenvalue weighted by atomic mass is 16.7. The van der Waals surface area contributed by atoms with Crippen LogP contribution in [0.15, 0.2) is 0 Å². The molecule has 0 aromatic rings. The van der Waals surface area contributed by atoms with Crippen LogP contribution in [0.1, 0.15) is 40.0 Å². The molecule has 1 aliphatic rings. The van der Waals surface area contributed by atoms with Gasteiger partial charge < -0.3 is 4.84 Å². The van der Waals surface area contributed by atoms with Gasteiger partial charge in [-0.2, -0.15) is 5.26 Å². The molecule has 4 nitrogen and oxygen atoms in total. The van der Waals surface area contributed by atoms with Crippen molar-refractivity contribution in [1.29, 1.82) is 5.26 Å². The van der Waals surface area contributed by atoms with E-state index < -0.39 is 5.41 Å². The van der Waals surface area contributed by atoms with Crippen molar-refractivity contribution in [2.45, 2.75) is 40.0 Å². The van der Waals surface area contributed by atoms with E-state index in [0.717, 1.165) is 19.4 Å². The molecule has 0 aromatic heterocycles. The lowest BCUT2D eigenvalue weighted by Crippen LogP contribution is -2.39. The number of hydrogen-bond donors (Lipinski definition) is 0. The molecule has 0 spiro atoms. The van der Waals surface area contributed by atoms with Crippen molar-refractivity contribution in [3.8, 4) is 6.07 Å². The maximum atomic E-state index is 11.7. The van der Waals surface area contributed by atoms with E-state index in [1.165, 1.54) is 0 Å². The molecule has 1 saturated heterocycles. The maximum absolute atomic E-state index is 11.7. The Morgan fingerprint density at radius 1 is 1.56 bits per heavy atom. The van der Waals surface area contributed by atoms with Crippen molar-refractivity contribution in [1.82, 2.24) is 5.06 Å². The molecule has 4 heteroatoms. The van der Waals surface area contributed by atoms with Crippen LogP contribution in [0.3, 0.4) is 0 Å². The summed E-state index contributed by atoms with van der Waals surface area (Å²) in [6.45, 7) is 6.99. The number of carbonyl (C=O) groups excluding carboxylic acids is 1. The van der Waals surface area contributed by atoms with Gasteiger partial charge in [0.2, 0.25) is 0 Å². The lowest BCUT2D eigenvalue weighted by atomic mass is 9.96. The van der Waals surface area contributed by atoms with E-state index in [4.69, 9.17) is 10.1 Å². The van der Waals surface area contributed by atoms with Crippen LogP contribution in [0, 0.1) is 22.7 Å². The molecule has 0 radical (unpaired) electrons. The summed E-state index contributed by atoms with van der Waals surface area (Å²) in [5.74, 6) is 0.136. The quantitative estimate of drug-likeness (QED) is 0.721. The minimum absolute atomic E-state index is 0.204. The van der Waals surface area contributed by atoms with Crippen LogP contribution in [-0.4, -0.2) is 24.1 Å². The molecule has 1 unspecified atom stereocenters. The molecule has 1 heterocycles. The average molecular weight is 224 g/mol. The van der Waals surface area contributed by atoms with Crippen LogP contribution in [0.5, 0.6) is 0 Å². The Bertz CT molecular complexity index is 288. The van der Waals surface area contributed by atoms with Crippen LogP contribution < -0.4 is 0 Å². The molecule has 0 bridgehead atoms. The minimum Gasteiger partial charge on any atom is -0.367 e. The highest BCUT2D eigenvalue weighted by Crippen LogP contribution is 2.22. The van der Waals surface area contributed by atoms with Crippen molar-refractivity contribution in [2.75, 3.05) is 13.1 Å². The first kappa shape index (κ1) is 13.0. The Balaban J connectivity index is 2.44. The van der Waals surface area contributed by atoms with Gasteiger partial charge >= 0.3 is 5.97 Å². The lowest BCUT2D eigenvalue weighted by molar-refractivity contribution is -0.207. The summed E-state index contributed by atoms with van der Waals surface area (Å²) in [5, 5.41) is 10.3. The molecule has 1 rings (SSSR count). The molecular formula is C12H20N2O2. The molecule has 0 aliphatic carbocycles. The fraction of sp³-hybridized carbons (Fsp3) is 0.833. The van der Waals surface area contributed by atoms with E-state index in [9.17, 15) is 4.79 Å². The second-order valence-corrected chi connectivity index (χ2v) is 5.39. The molecule has 0 saturated carbocycles. The van der Waals surface area contributed by atoms with Crippen molar-refractivity contribution in [3.05, 3.63) is 0 Å². The Hall–Kier alpha value is -1.08. The number of nitriles is 1. The number of hydroxylamine groups is 2. The predicted molar refractivity (Wildman–Crippen MR) is 60.1 cm³/mol. The summed E-state index contributed by atoms with van der Waals surface area (Å²) in [5.41, 5.74) is -0.470. The molecule has 0 aromatic carbocycles. The smallest absolute Gasteiger partial charge is 0.330 e. The van der Waals surface area contributed by atoms with E-state index in [0.29, 0.717) is 18.9 Å². The zero-order valence-electron chi connectivity index (χ0n) is 10.3. The van der Waals surface area contributed by atoms with Gasteiger partial charge in [-0.1, -0.05) is 0 Å². The van der Waals surface area contributed by atoms with Crippen LogP contribution in [0.2, 0.25) is 0 Å². The third-order valence-electron chi connectivity index (χ3n) is 2.69. The molecule has 0 N–H and O–H groups in total. The SMILES string of the molecule is CC(C)(C)C(=O)ON1CCCC(CC#N)C1. The van der Waals surface area contributed by atoms with Gasteiger partial charge in [-0.3, -0.25) is 0 Å². The van der Waals surface area contributed by atoms with Gasteiger partial charge in [-0.25, -0.2) is 4.79 Å². The fourth-order valence-electron chi connectivity index (χ4n) is 1.66. The Labute approximate surface area is 97.1 Å². The molecule has 1 atom stereocenters. The van der Waals surface area contributed by atoms with Crippen molar-refractivity contribution in [2.24, 2.45) is 11.3 Å². The van der Waals surface area contributed by atoms with Crippen LogP contribution in [0.4, 0.5) is 0 Å². The maximum Gasteiger partial charge on any atom is 0.330 e. The topological polar surface area (TPSA) is 53.3 Å². The Kier molecular flexibility index (Phi) is 4.31. The van der Waals surface area contributed by atoms with Gasteiger partial charge in [0.15, 0.2) is 0 Å². The number of hydrogen-bond acceptors (Lipinski definition) is 4. The zero-order chi connectivity index (χ0) is 12.2. The molecular weight excluding hydrogens is 204 g/mol. The monoisotopic (exact) mass is 224 g/mol. The molecule has 0 amide bonds. The van der Waals surface area contributed by atoms with E-state index >= 15 is 0 Å². The summed E-state index contributed by atoms with van der Waals surface area (Å²) in [6.07, 6.45) is 2.59. The first-order valence-corrected chi connectivity index (χ1v) is 5.78. The fourth-order valence-corrected chi connectivity index (χ4v) is 1.66. The van der Waals surface area contributed by atoms with Crippen LogP contribution in [-0.2, 0) is 9.63 Å². The summed E-state index contributed by atoms with van der Waals surface area (Å²) in [6, 6.07) is 2.17. The second-order valence-electron chi connectivity index (χ2n) is 5.39. The minimum atomic E-state index is -0.470. The van der Waals surface area contributed by atoms with E-state index in [1.54, 1.807) is 5.06 Å². The van der Waals surface area contributed by atoms with Gasteiger partial charge in [-0.15, -0.1) is 5.06 Å². The Morgan fingerprint density at radius 2 is 2.25 bits per heavy atom. The second kappa shape index (κ2) is 5.31. The average Bonchev–Trinajstić information content (AvgIpc) is 2.17. The summed E-state index contributed by atoms with van der Waals surface area (Å²) < 4.78 is 0. The van der Waals surface area contributed by atoms with E-state index in [2.05, 4.69) is 6.07 Å². The summed E-state index contributed by atoms with van der Waals surface area (Å²) >= 11 is 0. The lowest BCUT2D eigenvalue weighted by Gasteiger charge is -2.31. The van der Waals surface area contributed by atoms with Crippen molar-refractivity contribution in [3.63, 3.8) is 0 Å². The van der Waals surface area contributed by atoms with Crippen LogP contribution >= 0.6 is 0 Å². The standard InChI is InChI=1S/C12H20N2O2/c1-12(2,3)11(15)16-14-8-4-5-10(9-14)6-7-13/h10H,4-6,8-9H2,1-3H3. The van der Waals surface area contributed by atoms with E-state index in [1.807, 2.05) is 20.8 Å². The molecule has 90 valence electrons. The number of piperidine rings is 1. The zero-order valence-corrected chi connectivity index (χ0v) is 10.3.